The molecule has 6 nitrogen and oxygen atoms in total. The van der Waals surface area contributed by atoms with Crippen LogP contribution in [0.25, 0.3) is 0 Å². The van der Waals surface area contributed by atoms with Gasteiger partial charge in [0.1, 0.15) is 0 Å². The number of imide groups is 1. The van der Waals surface area contributed by atoms with Crippen LogP contribution in [0.2, 0.25) is 0 Å². The number of nitrogens with zero attached hydrogens (tertiary/aromatic N) is 1. The first-order valence-electron chi connectivity index (χ1n) is 10.3. The topological polar surface area (TPSA) is 80.8 Å². The number of carbonyl (C=O) groups is 4. The third-order valence-electron chi connectivity index (χ3n) is 5.92. The number of carbonyl (C=O) groups excluding carboxylic acids is 4. The summed E-state index contributed by atoms with van der Waals surface area (Å²) in [5.74, 6) is -2.25. The number of hydrogen-bond donors (Lipinski definition) is 0. The Morgan fingerprint density at radius 2 is 1.71 bits per heavy atom. The molecule has 0 aromatic heterocycles. The van der Waals surface area contributed by atoms with Crippen molar-refractivity contribution in [3.8, 4) is 0 Å². The molecule has 1 aliphatic heterocycles. The molecule has 1 fully saturated rings. The lowest BCUT2D eigenvalue weighted by molar-refractivity contribution is -0.122. The Labute approximate surface area is 180 Å². The monoisotopic (exact) mass is 417 g/mol. The highest BCUT2D eigenvalue weighted by Gasteiger charge is 2.50. The number of ether oxygens (including phenoxy) is 1. The Morgan fingerprint density at radius 1 is 1.00 bits per heavy atom. The number of allylic oxidation sites excluding steroid dienone is 2. The predicted molar refractivity (Wildman–Crippen MR) is 114 cm³/mol. The van der Waals surface area contributed by atoms with E-state index in [0.29, 0.717) is 17.7 Å². The molecule has 1 heterocycles. The van der Waals surface area contributed by atoms with Crippen molar-refractivity contribution in [1.82, 2.24) is 0 Å². The van der Waals surface area contributed by atoms with E-state index < -0.39 is 12.1 Å². The number of rotatable bonds is 5. The minimum atomic E-state index is -0.969. The molecular formula is C25H23NO5. The number of fused-ring (bicyclic) bond motifs is 1. The van der Waals surface area contributed by atoms with Gasteiger partial charge in [0.2, 0.25) is 17.6 Å². The minimum Gasteiger partial charge on any atom is -0.451 e. The number of anilines is 1. The fraction of sp³-hybridized carbons (Fsp3) is 0.280. The summed E-state index contributed by atoms with van der Waals surface area (Å²) in [5.41, 5.74) is 0.968. The third-order valence-corrected chi connectivity index (χ3v) is 5.92. The molecule has 0 saturated carbocycles. The van der Waals surface area contributed by atoms with Crippen molar-refractivity contribution >= 4 is 29.3 Å². The van der Waals surface area contributed by atoms with E-state index in [9.17, 15) is 19.2 Å². The highest BCUT2D eigenvalue weighted by molar-refractivity contribution is 6.22. The zero-order valence-corrected chi connectivity index (χ0v) is 17.4. The number of ketones is 1. The van der Waals surface area contributed by atoms with Gasteiger partial charge in [0.15, 0.2) is 6.10 Å². The molecule has 4 unspecified atom stereocenters. The smallest absolute Gasteiger partial charge is 0.338 e. The number of hydrogen-bond acceptors (Lipinski definition) is 5. The molecule has 31 heavy (non-hydrogen) atoms. The normalized spacial score (nSPS) is 23.4. The first-order valence-corrected chi connectivity index (χ1v) is 10.3. The Balaban J connectivity index is 1.52. The Bertz CT molecular complexity index is 1070. The van der Waals surface area contributed by atoms with E-state index in [0.717, 1.165) is 0 Å². The second-order valence-electron chi connectivity index (χ2n) is 8.00. The summed E-state index contributed by atoms with van der Waals surface area (Å²) in [5, 5.41) is 0. The zero-order valence-electron chi connectivity index (χ0n) is 17.4. The maximum absolute atomic E-state index is 13.0. The van der Waals surface area contributed by atoms with Crippen molar-refractivity contribution < 1.29 is 23.9 Å². The van der Waals surface area contributed by atoms with E-state index in [4.69, 9.17) is 4.74 Å². The first-order chi connectivity index (χ1) is 14.9. The van der Waals surface area contributed by atoms with Crippen LogP contribution in [0.5, 0.6) is 0 Å². The van der Waals surface area contributed by atoms with Crippen molar-refractivity contribution in [1.29, 1.82) is 0 Å². The molecule has 0 bridgehead atoms. The van der Waals surface area contributed by atoms with Crippen LogP contribution >= 0.6 is 0 Å². The van der Waals surface area contributed by atoms with Crippen LogP contribution in [0.1, 0.15) is 41.0 Å². The quantitative estimate of drug-likeness (QED) is 0.320. The third kappa shape index (κ3) is 3.81. The largest absolute Gasteiger partial charge is 0.451 e. The average molecular weight is 417 g/mol. The molecule has 2 aromatic rings. The van der Waals surface area contributed by atoms with Crippen LogP contribution in [0.4, 0.5) is 5.69 Å². The summed E-state index contributed by atoms with van der Waals surface area (Å²) >= 11 is 0. The molecular weight excluding hydrogens is 394 g/mol. The van der Waals surface area contributed by atoms with E-state index in [1.807, 2.05) is 19.1 Å². The highest BCUT2D eigenvalue weighted by Crippen LogP contribution is 2.40. The molecule has 6 heteroatoms. The molecule has 1 saturated heterocycles. The molecule has 0 radical (unpaired) electrons. The van der Waals surface area contributed by atoms with Crippen LogP contribution in [-0.4, -0.2) is 29.7 Å². The van der Waals surface area contributed by atoms with Crippen LogP contribution < -0.4 is 4.90 Å². The van der Waals surface area contributed by atoms with Gasteiger partial charge in [0.25, 0.3) is 0 Å². The molecule has 0 spiro atoms. The number of esters is 1. The fourth-order valence-corrected chi connectivity index (χ4v) is 4.29. The van der Waals surface area contributed by atoms with Gasteiger partial charge in [-0.1, -0.05) is 55.5 Å². The van der Waals surface area contributed by atoms with Gasteiger partial charge in [-0.15, -0.1) is 0 Å². The first kappa shape index (κ1) is 20.7. The van der Waals surface area contributed by atoms with Crippen LogP contribution in [0.15, 0.2) is 66.7 Å². The number of amides is 2. The second kappa shape index (κ2) is 8.30. The van der Waals surface area contributed by atoms with Gasteiger partial charge in [-0.05, 0) is 37.5 Å². The molecule has 4 rings (SSSR count). The van der Waals surface area contributed by atoms with Gasteiger partial charge in [0, 0.05) is 5.56 Å². The second-order valence-corrected chi connectivity index (χ2v) is 8.00. The van der Waals surface area contributed by atoms with E-state index in [2.05, 4.69) is 0 Å². The lowest BCUT2D eigenvalue weighted by Crippen LogP contribution is -2.32. The summed E-state index contributed by atoms with van der Waals surface area (Å²) in [6.07, 6.45) is 3.48. The number of Topliss-reactive ketones (excluding diaryl/α,β-unsaturated/α-hetero) is 1. The summed E-state index contributed by atoms with van der Waals surface area (Å²) in [7, 11) is 0. The van der Waals surface area contributed by atoms with Gasteiger partial charge < -0.3 is 4.74 Å². The van der Waals surface area contributed by atoms with Crippen molar-refractivity contribution in [2.75, 3.05) is 4.90 Å². The van der Waals surface area contributed by atoms with Crippen LogP contribution in [0, 0.1) is 17.8 Å². The molecule has 0 N–H and O–H groups in total. The summed E-state index contributed by atoms with van der Waals surface area (Å²) in [6, 6.07) is 14.8. The van der Waals surface area contributed by atoms with Crippen molar-refractivity contribution in [3.63, 3.8) is 0 Å². The summed E-state index contributed by atoms with van der Waals surface area (Å²) < 4.78 is 5.35. The molecule has 2 aromatic carbocycles. The highest BCUT2D eigenvalue weighted by atomic mass is 16.5. The van der Waals surface area contributed by atoms with Crippen molar-refractivity contribution in [2.45, 2.75) is 26.4 Å². The fourth-order valence-electron chi connectivity index (χ4n) is 4.29. The Hall–Kier alpha value is -3.54. The maximum Gasteiger partial charge on any atom is 0.338 e. The molecule has 2 amide bonds. The Kier molecular flexibility index (Phi) is 5.55. The predicted octanol–water partition coefficient (Wildman–Crippen LogP) is 3.82. The van der Waals surface area contributed by atoms with E-state index in [-0.39, 0.29) is 40.9 Å². The Morgan fingerprint density at radius 3 is 2.42 bits per heavy atom. The maximum atomic E-state index is 13.0. The lowest BCUT2D eigenvalue weighted by atomic mass is 9.78. The molecule has 2 aliphatic rings. The number of benzene rings is 2. The van der Waals surface area contributed by atoms with Gasteiger partial charge in [-0.25, -0.2) is 4.79 Å². The van der Waals surface area contributed by atoms with E-state index >= 15 is 0 Å². The van der Waals surface area contributed by atoms with Crippen molar-refractivity contribution in [2.24, 2.45) is 17.8 Å². The SMILES string of the molecule is CC(OC(=O)c1cccc(N2C(=O)C3CC=CC(C)C3C2=O)c1)C(=O)c1ccccc1. The minimum absolute atomic E-state index is 0.0156. The van der Waals surface area contributed by atoms with Crippen LogP contribution in [-0.2, 0) is 14.3 Å². The van der Waals surface area contributed by atoms with Crippen molar-refractivity contribution in [3.05, 3.63) is 77.9 Å². The van der Waals surface area contributed by atoms with Gasteiger partial charge in [-0.2, -0.15) is 0 Å². The molecule has 4 atom stereocenters. The average Bonchev–Trinajstić information content (AvgIpc) is 3.04. The summed E-state index contributed by atoms with van der Waals surface area (Å²) in [4.78, 5) is 52.2. The van der Waals surface area contributed by atoms with Crippen LogP contribution in [0.3, 0.4) is 0 Å². The van der Waals surface area contributed by atoms with Gasteiger partial charge >= 0.3 is 5.97 Å². The van der Waals surface area contributed by atoms with Gasteiger partial charge in [-0.3, -0.25) is 19.3 Å². The standard InChI is InChI=1S/C25H23NO5/c1-15-8-6-13-20-21(15)24(29)26(23(20)28)19-12-7-11-18(14-19)25(30)31-16(2)22(27)17-9-4-3-5-10-17/h3-12,14-16,20-21H,13H2,1-2H3. The summed E-state index contributed by atoms with van der Waals surface area (Å²) in [6.45, 7) is 3.45. The molecule has 1 aliphatic carbocycles. The zero-order chi connectivity index (χ0) is 22.1. The van der Waals surface area contributed by atoms with Gasteiger partial charge in [0.05, 0.1) is 23.1 Å². The lowest BCUT2D eigenvalue weighted by Gasteiger charge is -2.22. The van der Waals surface area contributed by atoms with E-state index in [1.165, 1.54) is 24.0 Å². The van der Waals surface area contributed by atoms with E-state index in [1.54, 1.807) is 42.5 Å². The molecule has 158 valence electrons.